The average Bonchev–Trinajstić information content (AvgIpc) is 1.92. The number of benzene rings is 11. The number of aryl methyl sites for hydroxylation is 9. The van der Waals surface area contributed by atoms with Gasteiger partial charge in [0.05, 0.1) is 45.0 Å². The minimum atomic E-state index is -4.52. The molecule has 0 saturated carbocycles. The Kier molecular flexibility index (Phi) is 12.7. The van der Waals surface area contributed by atoms with Crippen LogP contribution in [0, 0.1) is 73.6 Å². The van der Waals surface area contributed by atoms with Crippen molar-refractivity contribution >= 4 is 43.6 Å². The number of halogens is 3. The third-order valence-electron chi connectivity index (χ3n) is 17.1. The second kappa shape index (κ2) is 20.1. The molecule has 0 fully saturated rings. The number of alkyl halides is 3. The molecule has 0 aliphatic heterocycles. The lowest BCUT2D eigenvalue weighted by atomic mass is 9.89. The first-order valence-corrected chi connectivity index (χ1v) is 28.3. The molecule has 0 aliphatic carbocycles. The van der Waals surface area contributed by atoms with Crippen molar-refractivity contribution in [1.29, 1.82) is 5.26 Å². The van der Waals surface area contributed by atoms with E-state index in [2.05, 4.69) is 228 Å². The van der Waals surface area contributed by atoms with Crippen LogP contribution in [0.2, 0.25) is 0 Å². The maximum atomic E-state index is 14.5. The van der Waals surface area contributed by atoms with E-state index in [0.717, 1.165) is 105 Å². The van der Waals surface area contributed by atoms with Crippen LogP contribution in [0.25, 0.3) is 122 Å². The van der Waals surface area contributed by atoms with Gasteiger partial charge in [0.25, 0.3) is 0 Å². The largest absolute Gasteiger partial charge is 0.416 e. The van der Waals surface area contributed by atoms with Gasteiger partial charge in [0.1, 0.15) is 0 Å². The third-order valence-corrected chi connectivity index (χ3v) is 17.1. The molecular formula is C77H60F3N3. The quantitative estimate of drug-likeness (QED) is 0.149. The molecule has 0 atom stereocenters. The van der Waals surface area contributed by atoms with E-state index >= 15 is 0 Å². The number of nitriles is 1. The van der Waals surface area contributed by atoms with Gasteiger partial charge in [-0.25, -0.2) is 0 Å². The number of nitrogens with zero attached hydrogens (tertiary/aromatic N) is 3. The Bertz CT molecular complexity index is 4680. The second-order valence-electron chi connectivity index (χ2n) is 23.0. The van der Waals surface area contributed by atoms with Crippen molar-refractivity contribution in [2.24, 2.45) is 0 Å². The number of aromatic nitrogens is 2. The highest BCUT2D eigenvalue weighted by Gasteiger charge is 2.31. The van der Waals surface area contributed by atoms with Gasteiger partial charge in [0.15, 0.2) is 0 Å². The van der Waals surface area contributed by atoms with Crippen LogP contribution in [0.4, 0.5) is 13.2 Å². The van der Waals surface area contributed by atoms with Crippen molar-refractivity contribution in [3.05, 3.63) is 261 Å². The number of rotatable bonds is 8. The summed E-state index contributed by atoms with van der Waals surface area (Å²) >= 11 is 0. The highest BCUT2D eigenvalue weighted by molar-refractivity contribution is 6.14. The molecule has 0 amide bonds. The van der Waals surface area contributed by atoms with Crippen molar-refractivity contribution in [1.82, 2.24) is 9.13 Å². The molecule has 13 rings (SSSR count). The molecule has 0 radical (unpaired) electrons. The van der Waals surface area contributed by atoms with Gasteiger partial charge in [-0.3, -0.25) is 0 Å². The van der Waals surface area contributed by atoms with Crippen LogP contribution < -0.4 is 0 Å². The average molecular weight is 1080 g/mol. The molecule has 83 heavy (non-hydrogen) atoms. The molecule has 404 valence electrons. The van der Waals surface area contributed by atoms with Crippen LogP contribution in [-0.4, -0.2) is 9.13 Å². The molecule has 0 aliphatic rings. The molecule has 13 aromatic rings. The Balaban J connectivity index is 1.10. The fourth-order valence-electron chi connectivity index (χ4n) is 13.1. The molecule has 0 N–H and O–H groups in total. The summed E-state index contributed by atoms with van der Waals surface area (Å²) in [5, 5.41) is 15.1. The molecule has 0 bridgehead atoms. The van der Waals surface area contributed by atoms with E-state index in [0.29, 0.717) is 16.7 Å². The van der Waals surface area contributed by atoms with Crippen molar-refractivity contribution in [2.75, 3.05) is 0 Å². The van der Waals surface area contributed by atoms with Crippen LogP contribution in [0.3, 0.4) is 0 Å². The maximum Gasteiger partial charge on any atom is 0.416 e. The Hall–Kier alpha value is -9.70. The van der Waals surface area contributed by atoms with Crippen LogP contribution in [-0.2, 0) is 6.18 Å². The monoisotopic (exact) mass is 1080 g/mol. The van der Waals surface area contributed by atoms with Crippen LogP contribution in [0.5, 0.6) is 0 Å². The smallest absolute Gasteiger partial charge is 0.309 e. The highest BCUT2D eigenvalue weighted by Crippen LogP contribution is 2.46. The summed E-state index contributed by atoms with van der Waals surface area (Å²) in [6, 6.07) is 71.8. The van der Waals surface area contributed by atoms with Gasteiger partial charge in [-0.2, -0.15) is 18.4 Å². The van der Waals surface area contributed by atoms with Gasteiger partial charge in [-0.1, -0.05) is 131 Å². The number of fused-ring (bicyclic) bond motifs is 6. The van der Waals surface area contributed by atoms with Crippen molar-refractivity contribution < 1.29 is 13.2 Å². The Labute approximate surface area is 482 Å². The molecule has 0 spiro atoms. The lowest BCUT2D eigenvalue weighted by Crippen LogP contribution is -2.05. The summed E-state index contributed by atoms with van der Waals surface area (Å²) in [5.74, 6) is 0. The first-order valence-electron chi connectivity index (χ1n) is 28.3. The van der Waals surface area contributed by atoms with E-state index in [4.69, 9.17) is 0 Å². The van der Waals surface area contributed by atoms with Gasteiger partial charge >= 0.3 is 6.18 Å². The van der Waals surface area contributed by atoms with E-state index in [9.17, 15) is 18.4 Å². The Morgan fingerprint density at radius 1 is 0.313 bits per heavy atom. The van der Waals surface area contributed by atoms with E-state index < -0.39 is 11.7 Å². The zero-order valence-corrected chi connectivity index (χ0v) is 48.0. The van der Waals surface area contributed by atoms with Gasteiger partial charge in [0.2, 0.25) is 0 Å². The zero-order valence-electron chi connectivity index (χ0n) is 48.0. The zero-order chi connectivity index (χ0) is 57.7. The standard InChI is InChI=1S/C77H60F3N3/c1-44-10-21-60(48(5)32-44)54-15-28-72-68(38-54)69-39-55(61-22-11-45(2)33-49(61)6)16-29-73(69)82(72)59-20-26-65(64-25-19-58(36-52(64)9)77(78,79)80)66(42-59)67-37-53(43-81)14-27-74(67)83-75-30-17-56(62-23-12-46(3)34-50(62)7)40-70(75)71-41-57(18-31-76(71)83)63-24-13-47(4)35-51(63)8/h10-42H,1-9H3. The van der Waals surface area contributed by atoms with E-state index in [-0.39, 0.29) is 0 Å². The minimum absolute atomic E-state index is 0.453. The molecule has 11 aromatic carbocycles. The van der Waals surface area contributed by atoms with Crippen LogP contribution in [0.1, 0.15) is 61.2 Å². The molecule has 2 heterocycles. The number of hydrogen-bond acceptors (Lipinski definition) is 1. The summed E-state index contributed by atoms with van der Waals surface area (Å²) in [4.78, 5) is 0. The first-order chi connectivity index (χ1) is 39.9. The number of hydrogen-bond donors (Lipinski definition) is 0. The summed E-state index contributed by atoms with van der Waals surface area (Å²) < 4.78 is 48.0. The third kappa shape index (κ3) is 9.18. The Morgan fingerprint density at radius 3 is 1.06 bits per heavy atom. The van der Waals surface area contributed by atoms with Crippen molar-refractivity contribution in [3.8, 4) is 84.2 Å². The molecule has 6 heteroatoms. The van der Waals surface area contributed by atoms with Crippen LogP contribution >= 0.6 is 0 Å². The van der Waals surface area contributed by atoms with Crippen molar-refractivity contribution in [2.45, 2.75) is 68.5 Å². The van der Waals surface area contributed by atoms with Crippen LogP contribution in [0.15, 0.2) is 200 Å². The summed E-state index contributed by atoms with van der Waals surface area (Å²) in [6.45, 7) is 18.9. The van der Waals surface area contributed by atoms with Gasteiger partial charge < -0.3 is 9.13 Å². The summed E-state index contributed by atoms with van der Waals surface area (Å²) in [7, 11) is 0. The maximum absolute atomic E-state index is 14.5. The topological polar surface area (TPSA) is 33.6 Å². The normalized spacial score (nSPS) is 11.8. The predicted octanol–water partition coefficient (Wildman–Crippen LogP) is 21.5. The summed E-state index contributed by atoms with van der Waals surface area (Å²) in [6.07, 6.45) is -4.52. The fourth-order valence-corrected chi connectivity index (χ4v) is 13.1. The van der Waals surface area contributed by atoms with Crippen molar-refractivity contribution in [3.63, 3.8) is 0 Å². The fraction of sp³-hybridized carbons (Fsp3) is 0.130. The molecule has 0 saturated heterocycles. The van der Waals surface area contributed by atoms with Gasteiger partial charge in [0, 0.05) is 32.8 Å². The highest BCUT2D eigenvalue weighted by atomic mass is 19.4. The second-order valence-corrected chi connectivity index (χ2v) is 23.0. The van der Waals surface area contributed by atoms with E-state index in [1.165, 1.54) is 67.8 Å². The molecule has 0 unspecified atom stereocenters. The lowest BCUT2D eigenvalue weighted by Gasteiger charge is -2.21. The predicted molar refractivity (Wildman–Crippen MR) is 340 cm³/mol. The Morgan fingerprint density at radius 2 is 0.687 bits per heavy atom. The molecular weight excluding hydrogens is 1020 g/mol. The van der Waals surface area contributed by atoms with Gasteiger partial charge in [-0.05, 0) is 242 Å². The van der Waals surface area contributed by atoms with E-state index in [1.807, 2.05) is 24.3 Å². The lowest BCUT2D eigenvalue weighted by molar-refractivity contribution is -0.137. The molecule has 3 nitrogen and oxygen atoms in total. The SMILES string of the molecule is Cc1ccc(-c2ccc3c(c2)c2cc(-c4ccc(C)cc4C)ccc2n3-c2ccc(-c3ccc(C(F)(F)F)cc3C)c(-c3cc(C#N)ccc3-n3c4ccc(-c5ccc(C)cc5C)cc4c4cc(-c5ccc(C)cc5C)ccc43)c2)c(C)c1. The van der Waals surface area contributed by atoms with Gasteiger partial charge in [-0.15, -0.1) is 0 Å². The minimum Gasteiger partial charge on any atom is -0.309 e. The van der Waals surface area contributed by atoms with E-state index in [1.54, 1.807) is 13.0 Å². The first kappa shape index (κ1) is 52.7. The summed E-state index contributed by atoms with van der Waals surface area (Å²) in [5.41, 5.74) is 27.5. The molecule has 2 aromatic heterocycles.